The molecule has 0 heterocycles. The van der Waals surface area contributed by atoms with E-state index in [1.165, 1.54) is 0 Å². The summed E-state index contributed by atoms with van der Waals surface area (Å²) in [6.45, 7) is 3.56. The zero-order valence-corrected chi connectivity index (χ0v) is 17.9. The molecule has 0 fully saturated rings. The van der Waals surface area contributed by atoms with E-state index in [0.717, 1.165) is 0 Å². The Balaban J connectivity index is 5.23. The molecule has 0 saturated heterocycles. The van der Waals surface area contributed by atoms with Gasteiger partial charge in [0.15, 0.2) is 0 Å². The van der Waals surface area contributed by atoms with Crippen LogP contribution in [0, 0.1) is 5.92 Å². The Labute approximate surface area is 179 Å². The lowest BCUT2D eigenvalue weighted by Crippen LogP contribution is -2.58. The highest BCUT2D eigenvalue weighted by Crippen LogP contribution is 2.06. The summed E-state index contributed by atoms with van der Waals surface area (Å²) in [5.74, 6) is -5.73. The SMILES string of the molecule is CCC(C)C(N)C(=O)NC(CC(=O)O)C(=O)NC(CS)C(=O)NC(CS)C(=O)O. The van der Waals surface area contributed by atoms with E-state index in [0.29, 0.717) is 6.42 Å². The first-order chi connectivity index (χ1) is 13.5. The average molecular weight is 453 g/mol. The molecule has 11 nitrogen and oxygen atoms in total. The number of thiol groups is 2. The molecule has 3 amide bonds. The Kier molecular flexibility index (Phi) is 12.4. The van der Waals surface area contributed by atoms with E-state index in [9.17, 15) is 24.0 Å². The number of nitrogens with one attached hydrogen (secondary N) is 3. The Hall–Kier alpha value is -1.99. The van der Waals surface area contributed by atoms with Crippen molar-refractivity contribution in [3.8, 4) is 0 Å². The summed E-state index contributed by atoms with van der Waals surface area (Å²) in [7, 11) is 0. The summed E-state index contributed by atoms with van der Waals surface area (Å²) in [5, 5.41) is 24.7. The van der Waals surface area contributed by atoms with Gasteiger partial charge in [-0.25, -0.2) is 4.79 Å². The van der Waals surface area contributed by atoms with E-state index in [-0.39, 0.29) is 17.4 Å². The third-order valence-electron chi connectivity index (χ3n) is 4.18. The van der Waals surface area contributed by atoms with Gasteiger partial charge in [0, 0.05) is 11.5 Å². The van der Waals surface area contributed by atoms with Gasteiger partial charge in [0.05, 0.1) is 12.5 Å². The van der Waals surface area contributed by atoms with Gasteiger partial charge in [-0.05, 0) is 5.92 Å². The second-order valence-electron chi connectivity index (χ2n) is 6.40. The number of carboxylic acids is 2. The maximum Gasteiger partial charge on any atom is 0.327 e. The molecule has 5 atom stereocenters. The van der Waals surface area contributed by atoms with Crippen LogP contribution < -0.4 is 21.7 Å². The summed E-state index contributed by atoms with van der Waals surface area (Å²) >= 11 is 7.77. The predicted molar refractivity (Wildman–Crippen MR) is 111 cm³/mol. The molecule has 7 N–H and O–H groups in total. The third-order valence-corrected chi connectivity index (χ3v) is 4.91. The van der Waals surface area contributed by atoms with Gasteiger partial charge in [0.2, 0.25) is 17.7 Å². The normalized spacial score (nSPS) is 15.9. The first kappa shape index (κ1) is 27.0. The van der Waals surface area contributed by atoms with Crippen molar-refractivity contribution in [3.63, 3.8) is 0 Å². The maximum atomic E-state index is 12.5. The standard InChI is InChI=1S/C16H28N4O7S2/c1-3-7(2)12(17)15(25)18-8(4-11(21)22)13(23)19-9(5-28)14(24)20-10(6-29)16(26)27/h7-10,12,28-29H,3-6,17H2,1-2H3,(H,18,25)(H,19,23)(H,20,24)(H,21,22)(H,26,27). The van der Waals surface area contributed by atoms with Crippen molar-refractivity contribution in [2.45, 2.75) is 50.9 Å². The van der Waals surface area contributed by atoms with Crippen molar-refractivity contribution in [3.05, 3.63) is 0 Å². The van der Waals surface area contributed by atoms with Gasteiger partial charge in [-0.2, -0.15) is 25.3 Å². The molecule has 0 aliphatic carbocycles. The first-order valence-electron chi connectivity index (χ1n) is 8.81. The van der Waals surface area contributed by atoms with E-state index in [2.05, 4.69) is 41.2 Å². The molecule has 0 aromatic rings. The van der Waals surface area contributed by atoms with Gasteiger partial charge < -0.3 is 31.9 Å². The summed E-state index contributed by atoms with van der Waals surface area (Å²) in [5.41, 5.74) is 5.79. The fourth-order valence-corrected chi connectivity index (χ4v) is 2.59. The third kappa shape index (κ3) is 9.37. The molecule has 0 aliphatic heterocycles. The highest BCUT2D eigenvalue weighted by atomic mass is 32.1. The summed E-state index contributed by atoms with van der Waals surface area (Å²) < 4.78 is 0. The molecule has 0 saturated carbocycles. The molecule has 0 bridgehead atoms. The first-order valence-corrected chi connectivity index (χ1v) is 10.1. The number of rotatable bonds is 13. The van der Waals surface area contributed by atoms with Gasteiger partial charge in [0.25, 0.3) is 0 Å². The number of amides is 3. The smallest absolute Gasteiger partial charge is 0.327 e. The summed E-state index contributed by atoms with van der Waals surface area (Å²) in [6.07, 6.45) is -0.137. The van der Waals surface area contributed by atoms with Crippen LogP contribution in [0.25, 0.3) is 0 Å². The van der Waals surface area contributed by atoms with Crippen LogP contribution in [0.15, 0.2) is 0 Å². The quantitative estimate of drug-likeness (QED) is 0.151. The van der Waals surface area contributed by atoms with Crippen LogP contribution in [0.1, 0.15) is 26.7 Å². The number of hydrogen-bond acceptors (Lipinski definition) is 8. The monoisotopic (exact) mass is 452 g/mol. The predicted octanol–water partition coefficient (Wildman–Crippen LogP) is -1.77. The van der Waals surface area contributed by atoms with E-state index in [4.69, 9.17) is 15.9 Å². The second-order valence-corrected chi connectivity index (χ2v) is 7.13. The molecule has 0 radical (unpaired) electrons. The van der Waals surface area contributed by atoms with Gasteiger partial charge in [-0.1, -0.05) is 20.3 Å². The van der Waals surface area contributed by atoms with Crippen molar-refractivity contribution >= 4 is 54.9 Å². The number of carboxylic acid groups (broad SMARTS) is 2. The molecule has 5 unspecified atom stereocenters. The minimum absolute atomic E-state index is 0.181. The number of carbonyl (C=O) groups is 5. The van der Waals surface area contributed by atoms with E-state index in [1.807, 2.05) is 6.92 Å². The Morgan fingerprint density at radius 1 is 0.862 bits per heavy atom. The van der Waals surface area contributed by atoms with E-state index < -0.39 is 60.2 Å². The minimum Gasteiger partial charge on any atom is -0.481 e. The Bertz CT molecular complexity index is 620. The lowest BCUT2D eigenvalue weighted by molar-refractivity contribution is -0.142. The zero-order valence-electron chi connectivity index (χ0n) is 16.1. The van der Waals surface area contributed by atoms with Crippen molar-refractivity contribution in [2.75, 3.05) is 11.5 Å². The van der Waals surface area contributed by atoms with Crippen LogP contribution in [-0.2, 0) is 24.0 Å². The van der Waals surface area contributed by atoms with Gasteiger partial charge >= 0.3 is 11.9 Å². The molecule has 0 aliphatic rings. The van der Waals surface area contributed by atoms with Crippen LogP contribution in [0.3, 0.4) is 0 Å². The van der Waals surface area contributed by atoms with Gasteiger partial charge in [-0.15, -0.1) is 0 Å². The van der Waals surface area contributed by atoms with Crippen LogP contribution in [-0.4, -0.2) is 75.5 Å². The lowest BCUT2D eigenvalue weighted by atomic mass is 9.99. The molecule has 13 heteroatoms. The summed E-state index contributed by atoms with van der Waals surface area (Å²) in [6, 6.07) is -4.97. The topological polar surface area (TPSA) is 188 Å². The highest BCUT2D eigenvalue weighted by Gasteiger charge is 2.31. The maximum absolute atomic E-state index is 12.5. The van der Waals surface area contributed by atoms with Crippen LogP contribution >= 0.6 is 25.3 Å². The Morgan fingerprint density at radius 3 is 1.72 bits per heavy atom. The van der Waals surface area contributed by atoms with Gasteiger partial charge in [-0.3, -0.25) is 19.2 Å². The average Bonchev–Trinajstić information content (AvgIpc) is 2.67. The molecule has 166 valence electrons. The van der Waals surface area contributed by atoms with Crippen LogP contribution in [0.5, 0.6) is 0 Å². The molecule has 0 aromatic heterocycles. The fourth-order valence-electron chi connectivity index (χ4n) is 2.09. The van der Waals surface area contributed by atoms with Gasteiger partial charge in [0.1, 0.15) is 18.1 Å². The number of hydrogen-bond donors (Lipinski definition) is 8. The van der Waals surface area contributed by atoms with E-state index >= 15 is 0 Å². The molecular formula is C16H28N4O7S2. The number of aliphatic carboxylic acids is 2. The second kappa shape index (κ2) is 13.3. The minimum atomic E-state index is -1.48. The van der Waals surface area contributed by atoms with Crippen LogP contribution in [0.2, 0.25) is 0 Å². The molecule has 0 aromatic carbocycles. The molecule has 29 heavy (non-hydrogen) atoms. The fraction of sp³-hybridized carbons (Fsp3) is 0.688. The molecule has 0 spiro atoms. The Morgan fingerprint density at radius 2 is 1.31 bits per heavy atom. The van der Waals surface area contributed by atoms with Crippen molar-refractivity contribution < 1.29 is 34.2 Å². The number of nitrogens with two attached hydrogens (primary N) is 1. The lowest BCUT2D eigenvalue weighted by Gasteiger charge is -2.24. The van der Waals surface area contributed by atoms with Crippen molar-refractivity contribution in [1.29, 1.82) is 0 Å². The number of carbonyl (C=O) groups excluding carboxylic acids is 3. The molecular weight excluding hydrogens is 424 g/mol. The largest absolute Gasteiger partial charge is 0.481 e. The molecule has 0 rings (SSSR count). The summed E-state index contributed by atoms with van der Waals surface area (Å²) in [4.78, 5) is 58.9. The van der Waals surface area contributed by atoms with Crippen LogP contribution in [0.4, 0.5) is 0 Å². The zero-order chi connectivity index (χ0) is 22.7. The van der Waals surface area contributed by atoms with Crippen molar-refractivity contribution in [2.24, 2.45) is 11.7 Å². The van der Waals surface area contributed by atoms with Crippen molar-refractivity contribution in [1.82, 2.24) is 16.0 Å². The highest BCUT2D eigenvalue weighted by molar-refractivity contribution is 7.80. The van der Waals surface area contributed by atoms with E-state index in [1.54, 1.807) is 6.92 Å².